The number of carbonyl (C=O) groups is 2. The van der Waals surface area contributed by atoms with E-state index < -0.39 is 0 Å². The Labute approximate surface area is 147 Å². The lowest BCUT2D eigenvalue weighted by Crippen LogP contribution is -2.22. The SMILES string of the molecule is COC(=O)CCCNC(=O)/C=C/c1cccc(Oc2ccccc2)c1. The Morgan fingerprint density at radius 1 is 1.04 bits per heavy atom. The first-order valence-electron chi connectivity index (χ1n) is 8.03. The Kier molecular flexibility index (Phi) is 7.25. The van der Waals surface area contributed by atoms with Crippen LogP contribution in [-0.2, 0) is 14.3 Å². The van der Waals surface area contributed by atoms with Crippen LogP contribution in [0.4, 0.5) is 0 Å². The number of rotatable bonds is 8. The molecule has 2 aromatic carbocycles. The minimum atomic E-state index is -0.278. The summed E-state index contributed by atoms with van der Waals surface area (Å²) in [5, 5.41) is 2.72. The Morgan fingerprint density at radius 3 is 2.56 bits per heavy atom. The largest absolute Gasteiger partial charge is 0.469 e. The summed E-state index contributed by atoms with van der Waals surface area (Å²) in [5.74, 6) is 0.970. The molecular formula is C20H21NO4. The summed E-state index contributed by atoms with van der Waals surface area (Å²) in [4.78, 5) is 22.7. The first-order valence-corrected chi connectivity index (χ1v) is 8.03. The van der Waals surface area contributed by atoms with Gasteiger partial charge < -0.3 is 14.8 Å². The van der Waals surface area contributed by atoms with E-state index >= 15 is 0 Å². The van der Waals surface area contributed by atoms with Crippen molar-refractivity contribution in [2.75, 3.05) is 13.7 Å². The predicted octanol–water partition coefficient (Wildman–Crippen LogP) is 3.56. The Hall–Kier alpha value is -3.08. The first-order chi connectivity index (χ1) is 12.2. The van der Waals surface area contributed by atoms with Gasteiger partial charge in [0.2, 0.25) is 5.91 Å². The third-order valence-electron chi connectivity index (χ3n) is 3.35. The topological polar surface area (TPSA) is 64.6 Å². The van der Waals surface area contributed by atoms with Gasteiger partial charge in [0.05, 0.1) is 7.11 Å². The molecule has 1 N–H and O–H groups in total. The molecule has 5 nitrogen and oxygen atoms in total. The highest BCUT2D eigenvalue weighted by molar-refractivity contribution is 5.91. The van der Waals surface area contributed by atoms with Gasteiger partial charge in [0.1, 0.15) is 11.5 Å². The lowest BCUT2D eigenvalue weighted by Gasteiger charge is -2.06. The van der Waals surface area contributed by atoms with Crippen molar-refractivity contribution in [3.8, 4) is 11.5 Å². The van der Waals surface area contributed by atoms with Gasteiger partial charge in [-0.2, -0.15) is 0 Å². The molecule has 0 spiro atoms. The fourth-order valence-corrected chi connectivity index (χ4v) is 2.08. The fraction of sp³-hybridized carbons (Fsp3) is 0.200. The average Bonchev–Trinajstić information content (AvgIpc) is 2.64. The highest BCUT2D eigenvalue weighted by Gasteiger charge is 2.01. The van der Waals surface area contributed by atoms with Crippen LogP contribution in [0, 0.1) is 0 Å². The van der Waals surface area contributed by atoms with Gasteiger partial charge in [0, 0.05) is 19.0 Å². The van der Waals surface area contributed by atoms with Crippen molar-refractivity contribution in [2.45, 2.75) is 12.8 Å². The Morgan fingerprint density at radius 2 is 1.80 bits per heavy atom. The lowest BCUT2D eigenvalue weighted by atomic mass is 10.2. The molecule has 0 aromatic heterocycles. The predicted molar refractivity (Wildman–Crippen MR) is 96.3 cm³/mol. The van der Waals surface area contributed by atoms with Gasteiger partial charge in [0.25, 0.3) is 0 Å². The summed E-state index contributed by atoms with van der Waals surface area (Å²) >= 11 is 0. The highest BCUT2D eigenvalue weighted by atomic mass is 16.5. The number of hydrogen-bond acceptors (Lipinski definition) is 4. The average molecular weight is 339 g/mol. The van der Waals surface area contributed by atoms with E-state index in [4.69, 9.17) is 4.74 Å². The van der Waals surface area contributed by atoms with E-state index in [1.54, 1.807) is 6.08 Å². The van der Waals surface area contributed by atoms with Crippen molar-refractivity contribution in [1.82, 2.24) is 5.32 Å². The number of carbonyl (C=O) groups excluding carboxylic acids is 2. The monoisotopic (exact) mass is 339 g/mol. The van der Waals surface area contributed by atoms with E-state index in [1.165, 1.54) is 13.2 Å². The second-order valence-electron chi connectivity index (χ2n) is 5.29. The van der Waals surface area contributed by atoms with E-state index in [-0.39, 0.29) is 11.9 Å². The van der Waals surface area contributed by atoms with Gasteiger partial charge in [-0.1, -0.05) is 30.3 Å². The molecule has 25 heavy (non-hydrogen) atoms. The molecule has 0 atom stereocenters. The fourth-order valence-electron chi connectivity index (χ4n) is 2.08. The third kappa shape index (κ3) is 6.91. The summed E-state index contributed by atoms with van der Waals surface area (Å²) < 4.78 is 10.3. The van der Waals surface area contributed by atoms with Crippen molar-refractivity contribution in [3.05, 3.63) is 66.2 Å². The van der Waals surface area contributed by atoms with Crippen LogP contribution < -0.4 is 10.1 Å². The molecule has 0 heterocycles. The number of amides is 1. The van der Waals surface area contributed by atoms with Gasteiger partial charge in [-0.3, -0.25) is 9.59 Å². The van der Waals surface area contributed by atoms with Gasteiger partial charge in [-0.05, 0) is 42.3 Å². The van der Waals surface area contributed by atoms with Crippen LogP contribution in [0.15, 0.2) is 60.7 Å². The lowest BCUT2D eigenvalue weighted by molar-refractivity contribution is -0.140. The van der Waals surface area contributed by atoms with Crippen molar-refractivity contribution < 1.29 is 19.1 Å². The van der Waals surface area contributed by atoms with Gasteiger partial charge in [0.15, 0.2) is 0 Å². The van der Waals surface area contributed by atoms with E-state index in [2.05, 4.69) is 10.1 Å². The zero-order valence-electron chi connectivity index (χ0n) is 14.1. The Balaban J connectivity index is 1.83. The standard InChI is InChI=1S/C20H21NO4/c1-24-20(23)11-6-14-21-19(22)13-12-16-7-5-10-18(15-16)25-17-8-3-2-4-9-17/h2-5,7-10,12-13,15H,6,11,14H2,1H3,(H,21,22)/b13-12+. The van der Waals surface area contributed by atoms with Crippen LogP contribution in [0.3, 0.4) is 0 Å². The quantitative estimate of drug-likeness (QED) is 0.454. The molecule has 0 bridgehead atoms. The van der Waals surface area contributed by atoms with Crippen LogP contribution in [0.25, 0.3) is 6.08 Å². The van der Waals surface area contributed by atoms with Crippen molar-refractivity contribution >= 4 is 18.0 Å². The van der Waals surface area contributed by atoms with Crippen LogP contribution in [-0.4, -0.2) is 25.5 Å². The summed E-state index contributed by atoms with van der Waals surface area (Å²) in [7, 11) is 1.35. The Bertz CT molecular complexity index is 725. The minimum absolute atomic E-state index is 0.209. The van der Waals surface area contributed by atoms with Gasteiger partial charge in [-0.15, -0.1) is 0 Å². The van der Waals surface area contributed by atoms with E-state index in [0.717, 1.165) is 11.3 Å². The molecule has 0 fully saturated rings. The molecule has 2 rings (SSSR count). The number of para-hydroxylation sites is 1. The maximum absolute atomic E-state index is 11.8. The van der Waals surface area contributed by atoms with Gasteiger partial charge >= 0.3 is 5.97 Å². The molecule has 0 aliphatic rings. The van der Waals surface area contributed by atoms with Crippen LogP contribution in [0.2, 0.25) is 0 Å². The molecule has 0 saturated carbocycles. The second kappa shape index (κ2) is 9.93. The van der Waals surface area contributed by atoms with Crippen molar-refractivity contribution in [3.63, 3.8) is 0 Å². The van der Waals surface area contributed by atoms with Crippen LogP contribution >= 0.6 is 0 Å². The molecule has 130 valence electrons. The number of benzene rings is 2. The molecule has 0 aliphatic carbocycles. The van der Waals surface area contributed by atoms with Crippen molar-refractivity contribution in [1.29, 1.82) is 0 Å². The van der Waals surface area contributed by atoms with E-state index in [9.17, 15) is 9.59 Å². The summed E-state index contributed by atoms with van der Waals surface area (Å²) in [5.41, 5.74) is 0.859. The zero-order chi connectivity index (χ0) is 17.9. The maximum Gasteiger partial charge on any atom is 0.305 e. The molecular weight excluding hydrogens is 318 g/mol. The molecule has 1 amide bonds. The second-order valence-corrected chi connectivity index (χ2v) is 5.29. The number of esters is 1. The number of hydrogen-bond donors (Lipinski definition) is 1. The molecule has 5 heteroatoms. The number of ether oxygens (including phenoxy) is 2. The summed E-state index contributed by atoms with van der Waals surface area (Å²) in [6.07, 6.45) is 4.01. The molecule has 0 aliphatic heterocycles. The van der Waals surface area contributed by atoms with E-state index in [0.29, 0.717) is 25.1 Å². The first kappa shape index (κ1) is 18.3. The summed E-state index contributed by atoms with van der Waals surface area (Å²) in [6, 6.07) is 17.0. The minimum Gasteiger partial charge on any atom is -0.469 e. The third-order valence-corrected chi connectivity index (χ3v) is 3.35. The molecule has 0 unspecified atom stereocenters. The molecule has 0 radical (unpaired) electrons. The molecule has 0 saturated heterocycles. The maximum atomic E-state index is 11.8. The van der Waals surface area contributed by atoms with Crippen LogP contribution in [0.5, 0.6) is 11.5 Å². The van der Waals surface area contributed by atoms with Crippen molar-refractivity contribution in [2.24, 2.45) is 0 Å². The highest BCUT2D eigenvalue weighted by Crippen LogP contribution is 2.22. The number of nitrogens with one attached hydrogen (secondary N) is 1. The van der Waals surface area contributed by atoms with Gasteiger partial charge in [-0.25, -0.2) is 0 Å². The molecule has 2 aromatic rings. The smallest absolute Gasteiger partial charge is 0.305 e. The summed E-state index contributed by atoms with van der Waals surface area (Å²) in [6.45, 7) is 0.426. The normalized spacial score (nSPS) is 10.4. The zero-order valence-corrected chi connectivity index (χ0v) is 14.1. The number of methoxy groups -OCH3 is 1. The van der Waals surface area contributed by atoms with Crippen LogP contribution in [0.1, 0.15) is 18.4 Å². The van der Waals surface area contributed by atoms with E-state index in [1.807, 2.05) is 54.6 Å².